The van der Waals surface area contributed by atoms with E-state index in [2.05, 4.69) is 5.32 Å². The first-order valence-electron chi connectivity index (χ1n) is 13.4. The van der Waals surface area contributed by atoms with Crippen LogP contribution in [0.5, 0.6) is 11.5 Å². The first-order chi connectivity index (χ1) is 19.7. The molecule has 0 spiro atoms. The number of ether oxygens (including phenoxy) is 3. The van der Waals surface area contributed by atoms with Crippen LogP contribution in [0, 0.1) is 5.92 Å². The van der Waals surface area contributed by atoms with Crippen LogP contribution in [0.1, 0.15) is 26.7 Å². The van der Waals surface area contributed by atoms with Gasteiger partial charge in [0, 0.05) is 62.8 Å². The molecule has 0 aliphatic carbocycles. The number of fused-ring (bicyclic) bond motifs is 1. The van der Waals surface area contributed by atoms with E-state index in [9.17, 15) is 19.2 Å². The molecule has 14 heteroatoms. The summed E-state index contributed by atoms with van der Waals surface area (Å²) in [5, 5.41) is 3.46. The van der Waals surface area contributed by atoms with E-state index in [0.29, 0.717) is 79.7 Å². The van der Waals surface area contributed by atoms with Crippen LogP contribution in [-0.4, -0.2) is 109 Å². The summed E-state index contributed by atoms with van der Waals surface area (Å²) in [7, 11) is 4.40. The van der Waals surface area contributed by atoms with Crippen LogP contribution in [-0.2, 0) is 19.1 Å². The average molecular weight is 589 g/mol. The molecular formula is C27H36N6O7S. The molecule has 4 rings (SSSR count). The molecule has 2 atom stereocenters. The lowest BCUT2D eigenvalue weighted by Gasteiger charge is -2.34. The second-order valence-electron chi connectivity index (χ2n) is 9.92. The Labute approximate surface area is 242 Å². The number of aromatic nitrogens is 2. The Bertz CT molecular complexity index is 1320. The Balaban J connectivity index is 1.62. The number of nitrogens with zero attached hydrogens (tertiary/aromatic N) is 5. The van der Waals surface area contributed by atoms with Crippen molar-refractivity contribution in [1.82, 2.24) is 19.8 Å². The van der Waals surface area contributed by atoms with E-state index in [1.165, 1.54) is 28.3 Å². The summed E-state index contributed by atoms with van der Waals surface area (Å²) in [6, 6.07) is 2.77. The van der Waals surface area contributed by atoms with Gasteiger partial charge in [-0.05, 0) is 18.9 Å². The molecule has 1 aromatic heterocycles. The second kappa shape index (κ2) is 13.2. The Hall–Kier alpha value is -3.81. The van der Waals surface area contributed by atoms with Gasteiger partial charge in [-0.2, -0.15) is 4.98 Å². The molecule has 13 nitrogen and oxygen atoms in total. The lowest BCUT2D eigenvalue weighted by molar-refractivity contribution is -0.139. The zero-order valence-corrected chi connectivity index (χ0v) is 24.8. The van der Waals surface area contributed by atoms with E-state index < -0.39 is 18.1 Å². The number of piperazine rings is 1. The first kappa shape index (κ1) is 30.2. The highest BCUT2D eigenvalue weighted by Crippen LogP contribution is 2.35. The number of carbonyl (C=O) groups is 4. The van der Waals surface area contributed by atoms with E-state index >= 15 is 0 Å². The summed E-state index contributed by atoms with van der Waals surface area (Å²) in [6.07, 6.45) is 0.827. The fourth-order valence-corrected chi connectivity index (χ4v) is 5.63. The van der Waals surface area contributed by atoms with Crippen LogP contribution in [0.4, 0.5) is 16.6 Å². The van der Waals surface area contributed by atoms with E-state index in [1.54, 1.807) is 28.9 Å². The SMILES string of the molecule is COC(=O)N1CCN(c2nc(NC(=O)[C@@H]3CCCN3C(=O)C(C)CSC(C)=O)c3cc(OC)c(OC)cc3n2)CC1. The molecule has 2 saturated heterocycles. The third-order valence-electron chi connectivity index (χ3n) is 7.22. The number of likely N-dealkylation sites (tertiary alicyclic amines) is 1. The summed E-state index contributed by atoms with van der Waals surface area (Å²) in [5.74, 6) is 1.06. The van der Waals surface area contributed by atoms with Gasteiger partial charge >= 0.3 is 6.09 Å². The van der Waals surface area contributed by atoms with Crippen molar-refractivity contribution in [1.29, 1.82) is 0 Å². The largest absolute Gasteiger partial charge is 0.493 e. The fraction of sp³-hybridized carbons (Fsp3) is 0.556. The summed E-state index contributed by atoms with van der Waals surface area (Å²) < 4.78 is 15.8. The van der Waals surface area contributed by atoms with Gasteiger partial charge in [0.05, 0.1) is 26.8 Å². The van der Waals surface area contributed by atoms with Gasteiger partial charge in [0.2, 0.25) is 17.8 Å². The van der Waals surface area contributed by atoms with Gasteiger partial charge in [-0.25, -0.2) is 9.78 Å². The molecule has 1 N–H and O–H groups in total. The van der Waals surface area contributed by atoms with Crippen LogP contribution in [0.25, 0.3) is 10.9 Å². The Morgan fingerprint density at radius 1 is 1.02 bits per heavy atom. The van der Waals surface area contributed by atoms with Gasteiger partial charge in [-0.15, -0.1) is 0 Å². The van der Waals surface area contributed by atoms with Crippen LogP contribution in [0.15, 0.2) is 12.1 Å². The van der Waals surface area contributed by atoms with Gasteiger partial charge < -0.3 is 34.2 Å². The second-order valence-corrected chi connectivity index (χ2v) is 11.1. The predicted molar refractivity (Wildman–Crippen MR) is 155 cm³/mol. The van der Waals surface area contributed by atoms with Gasteiger partial charge in [-0.1, -0.05) is 18.7 Å². The third kappa shape index (κ3) is 6.75. The molecule has 0 radical (unpaired) electrons. The quantitative estimate of drug-likeness (QED) is 0.485. The van der Waals surface area contributed by atoms with Crippen molar-refractivity contribution in [3.8, 4) is 11.5 Å². The van der Waals surface area contributed by atoms with Gasteiger partial charge in [0.25, 0.3) is 0 Å². The Kier molecular flexibility index (Phi) is 9.73. The average Bonchev–Trinajstić information content (AvgIpc) is 3.48. The maximum absolute atomic E-state index is 13.6. The van der Waals surface area contributed by atoms with Crippen molar-refractivity contribution in [3.05, 3.63) is 12.1 Å². The molecular weight excluding hydrogens is 552 g/mol. The monoisotopic (exact) mass is 588 g/mol. The summed E-state index contributed by atoms with van der Waals surface area (Å²) in [5.41, 5.74) is 0.535. The van der Waals surface area contributed by atoms with Crippen molar-refractivity contribution in [2.75, 3.05) is 70.0 Å². The van der Waals surface area contributed by atoms with E-state index in [4.69, 9.17) is 24.2 Å². The van der Waals surface area contributed by atoms with E-state index in [-0.39, 0.29) is 22.7 Å². The maximum Gasteiger partial charge on any atom is 0.409 e. The number of amides is 3. The van der Waals surface area contributed by atoms with Gasteiger partial charge in [0.1, 0.15) is 11.9 Å². The van der Waals surface area contributed by atoms with Gasteiger partial charge in [-0.3, -0.25) is 14.4 Å². The number of methoxy groups -OCH3 is 3. The summed E-state index contributed by atoms with van der Waals surface area (Å²) >= 11 is 1.11. The number of rotatable bonds is 8. The summed E-state index contributed by atoms with van der Waals surface area (Å²) in [6.45, 7) is 5.52. The zero-order chi connectivity index (χ0) is 29.7. The van der Waals surface area contributed by atoms with Crippen LogP contribution in [0.2, 0.25) is 0 Å². The number of carbonyl (C=O) groups excluding carboxylic acids is 4. The Morgan fingerprint density at radius 3 is 2.34 bits per heavy atom. The van der Waals surface area contributed by atoms with E-state index in [1.807, 2.05) is 4.90 Å². The van der Waals surface area contributed by atoms with Crippen LogP contribution in [0.3, 0.4) is 0 Å². The first-order valence-corrected chi connectivity index (χ1v) is 14.4. The minimum Gasteiger partial charge on any atom is -0.493 e. The van der Waals surface area contributed by atoms with Crippen molar-refractivity contribution >= 4 is 57.5 Å². The normalized spacial score (nSPS) is 17.8. The minimum atomic E-state index is -0.663. The highest BCUT2D eigenvalue weighted by molar-refractivity contribution is 8.13. The molecule has 2 fully saturated rings. The molecule has 0 bridgehead atoms. The molecule has 3 amide bonds. The Morgan fingerprint density at radius 2 is 1.71 bits per heavy atom. The number of anilines is 2. The van der Waals surface area contributed by atoms with E-state index in [0.717, 1.165) is 11.8 Å². The number of hydrogen-bond acceptors (Lipinski definition) is 11. The van der Waals surface area contributed by atoms with Gasteiger partial charge in [0.15, 0.2) is 16.6 Å². The molecule has 1 aromatic carbocycles. The van der Waals surface area contributed by atoms with Crippen molar-refractivity contribution in [2.24, 2.45) is 5.92 Å². The van der Waals surface area contributed by atoms with Crippen molar-refractivity contribution in [3.63, 3.8) is 0 Å². The standard InChI is InChI=1S/C27H36N6O7S/c1-16(15-41-17(2)34)25(36)33-8-6-7-20(33)24(35)29-23-18-13-21(38-3)22(39-4)14-19(18)28-26(30-23)31-9-11-32(12-10-31)27(37)40-5/h13-14,16,20H,6-12,15H2,1-5H3,(H,28,29,30,35)/t16?,20-/m0/s1. The number of nitrogens with one attached hydrogen (secondary N) is 1. The molecule has 222 valence electrons. The lowest BCUT2D eigenvalue weighted by atomic mass is 10.1. The summed E-state index contributed by atoms with van der Waals surface area (Å²) in [4.78, 5) is 64.7. The van der Waals surface area contributed by atoms with Crippen molar-refractivity contribution in [2.45, 2.75) is 32.7 Å². The fourth-order valence-electron chi connectivity index (χ4n) is 5.00. The van der Waals surface area contributed by atoms with Crippen molar-refractivity contribution < 1.29 is 33.4 Å². The highest BCUT2D eigenvalue weighted by Gasteiger charge is 2.36. The maximum atomic E-state index is 13.6. The third-order valence-corrected chi connectivity index (χ3v) is 8.30. The molecule has 1 unspecified atom stereocenters. The molecule has 2 aliphatic rings. The predicted octanol–water partition coefficient (Wildman–Crippen LogP) is 2.38. The number of thioether (sulfide) groups is 1. The molecule has 3 heterocycles. The molecule has 2 aromatic rings. The molecule has 0 saturated carbocycles. The molecule has 2 aliphatic heterocycles. The van der Waals surface area contributed by atoms with Crippen LogP contribution < -0.4 is 19.7 Å². The minimum absolute atomic E-state index is 0.0504. The number of benzene rings is 1. The smallest absolute Gasteiger partial charge is 0.409 e. The zero-order valence-electron chi connectivity index (χ0n) is 24.0. The topological polar surface area (TPSA) is 144 Å². The van der Waals surface area contributed by atoms with Crippen LogP contribution >= 0.6 is 11.8 Å². The number of hydrogen-bond donors (Lipinski definition) is 1. The lowest BCUT2D eigenvalue weighted by Crippen LogP contribution is -2.49. The molecule has 41 heavy (non-hydrogen) atoms. The highest BCUT2D eigenvalue weighted by atomic mass is 32.2.